The van der Waals surface area contributed by atoms with Crippen LogP contribution in [0.2, 0.25) is 72.5 Å². The largest absolute Gasteiger partial charge is 0.497 e. The predicted octanol–water partition coefficient (Wildman–Crippen LogP) is 18.6. The van der Waals surface area contributed by atoms with Crippen LogP contribution < -0.4 is 4.74 Å². The van der Waals surface area contributed by atoms with Crippen LogP contribution in [0.15, 0.2) is 48.1 Å². The lowest BCUT2D eigenvalue weighted by Gasteiger charge is -2.50. The van der Waals surface area contributed by atoms with Gasteiger partial charge in [0.2, 0.25) is 0 Å². The van der Waals surface area contributed by atoms with E-state index in [2.05, 4.69) is 209 Å². The second kappa shape index (κ2) is 28.4. The van der Waals surface area contributed by atoms with Gasteiger partial charge >= 0.3 is 0 Å². The van der Waals surface area contributed by atoms with Gasteiger partial charge in [0.05, 0.1) is 50.3 Å². The van der Waals surface area contributed by atoms with Crippen LogP contribution in [-0.4, -0.2) is 94.5 Å². The molecule has 2 rings (SSSR count). The van der Waals surface area contributed by atoms with E-state index in [1.165, 1.54) is 5.57 Å². The zero-order chi connectivity index (χ0) is 59.0. The summed E-state index contributed by atoms with van der Waals surface area (Å²) in [6, 6.07) is 7.98. The number of rotatable bonds is 28. The van der Waals surface area contributed by atoms with E-state index in [9.17, 15) is 4.79 Å². The van der Waals surface area contributed by atoms with Crippen LogP contribution in [0, 0.1) is 41.4 Å². The Balaban J connectivity index is 2.69. The molecule has 8 nitrogen and oxygen atoms in total. The van der Waals surface area contributed by atoms with Gasteiger partial charge in [-0.2, -0.15) is 0 Å². The number of hydrogen-bond acceptors (Lipinski definition) is 9. The van der Waals surface area contributed by atoms with Gasteiger partial charge in [-0.05, 0) is 127 Å². The number of allylic oxidation sites excluding steroid dienone is 1. The van der Waals surface area contributed by atoms with Gasteiger partial charge in [-0.15, -0.1) is 11.8 Å². The Morgan fingerprint density at radius 3 is 1.61 bits per heavy atom. The number of aldehydes is 1. The van der Waals surface area contributed by atoms with Gasteiger partial charge in [0.1, 0.15) is 17.5 Å². The minimum atomic E-state index is -2.26. The molecule has 76 heavy (non-hydrogen) atoms. The summed E-state index contributed by atoms with van der Waals surface area (Å²) in [4.78, 5) is 12.6. The van der Waals surface area contributed by atoms with Gasteiger partial charge in [0.25, 0.3) is 0 Å². The number of hydrogen-bond donors (Lipinski definition) is 0. The highest BCUT2D eigenvalue weighted by Gasteiger charge is 2.50. The summed E-state index contributed by atoms with van der Waals surface area (Å²) in [5, 5.41) is 0.192. The molecule has 13 heteroatoms. The molecule has 1 aliphatic heterocycles. The summed E-state index contributed by atoms with van der Waals surface area (Å²) in [7, 11) is -7.09. The normalized spacial score (nSPS) is 23.9. The number of thioether (sulfide) groups is 1. The van der Waals surface area contributed by atoms with E-state index in [-0.39, 0.29) is 104 Å². The molecule has 0 bridgehead atoms. The number of benzene rings is 1. The predicted molar refractivity (Wildman–Crippen MR) is 339 cm³/mol. The summed E-state index contributed by atoms with van der Waals surface area (Å²) in [6.07, 6.45) is 9.40. The molecule has 1 aromatic rings. The maximum absolute atomic E-state index is 12.6. The SMILES string of the molecule is CCS[C@@H]1O[C@H](C[C@H](/C=C\[C@@H](C)[C@@H](O[Si](C)(C)C(C)(C)C)[C@H](C)/C=C(/C)C[C@@H](C)[C@H](O[Si](C)(C)C(C)(C)C)[C@@H](C)[C@H](OCc2ccc(OC)cc2)[C@H](C)C=O)O[Si](C)(C)C(C)(C)C)[C@@H](C)[C@@H](O[Si](C)(C)C(C)(C)C)[C@@H]1C. The van der Waals surface area contributed by atoms with Crippen molar-refractivity contribution in [2.45, 2.75) is 279 Å². The third kappa shape index (κ3) is 20.0. The summed E-state index contributed by atoms with van der Waals surface area (Å²) in [5.41, 5.74) is 2.43. The zero-order valence-electron chi connectivity index (χ0n) is 54.7. The van der Waals surface area contributed by atoms with Gasteiger partial charge in [-0.25, -0.2) is 0 Å². The second-order valence-corrected chi connectivity index (χ2v) is 50.1. The highest BCUT2D eigenvalue weighted by atomic mass is 32.2. The smallest absolute Gasteiger partial charge is 0.192 e. The molecule has 0 N–H and O–H groups in total. The molecule has 0 aromatic heterocycles. The summed E-state index contributed by atoms with van der Waals surface area (Å²) < 4.78 is 49.1. The van der Waals surface area contributed by atoms with Crippen molar-refractivity contribution < 1.29 is 36.7 Å². The first-order chi connectivity index (χ1) is 34.4. The van der Waals surface area contributed by atoms with Crippen molar-refractivity contribution in [2.24, 2.45) is 41.4 Å². The molecule has 1 fully saturated rings. The summed E-state index contributed by atoms with van der Waals surface area (Å²) >= 11 is 1.92. The van der Waals surface area contributed by atoms with Crippen LogP contribution in [0.25, 0.3) is 0 Å². The summed E-state index contributed by atoms with van der Waals surface area (Å²) in [5.74, 6) is 2.30. The molecule has 0 spiro atoms. The molecule has 1 aliphatic rings. The van der Waals surface area contributed by atoms with Gasteiger partial charge in [-0.1, -0.05) is 174 Å². The lowest BCUT2D eigenvalue weighted by Crippen LogP contribution is -2.55. The Bertz CT molecular complexity index is 1960. The van der Waals surface area contributed by atoms with Crippen molar-refractivity contribution in [3.8, 4) is 5.75 Å². The Hall–Kier alpha value is -0.852. The third-order valence-corrected chi connectivity index (χ3v) is 38.0. The monoisotopic (exact) mass is 1150 g/mol. The number of ether oxygens (including phenoxy) is 3. The first-order valence-electron chi connectivity index (χ1n) is 29.4. The molecule has 0 unspecified atom stereocenters. The van der Waals surface area contributed by atoms with Gasteiger partial charge in [0.15, 0.2) is 33.3 Å². The molecule has 442 valence electrons. The van der Waals surface area contributed by atoms with Crippen molar-refractivity contribution in [3.63, 3.8) is 0 Å². The van der Waals surface area contributed by atoms with E-state index in [4.69, 9.17) is 31.9 Å². The summed E-state index contributed by atoms with van der Waals surface area (Å²) in [6.45, 7) is 67.9. The molecule has 1 aromatic carbocycles. The minimum Gasteiger partial charge on any atom is -0.497 e. The highest BCUT2D eigenvalue weighted by molar-refractivity contribution is 7.99. The van der Waals surface area contributed by atoms with Crippen molar-refractivity contribution >= 4 is 51.3 Å². The lowest BCUT2D eigenvalue weighted by atomic mass is 9.81. The maximum atomic E-state index is 12.6. The van der Waals surface area contributed by atoms with Crippen LogP contribution in [-0.2, 0) is 38.6 Å². The van der Waals surface area contributed by atoms with E-state index in [0.717, 1.165) is 36.2 Å². The van der Waals surface area contributed by atoms with Crippen LogP contribution in [0.3, 0.4) is 0 Å². The number of methoxy groups -OCH3 is 1. The standard InChI is InChI=1S/C63H120O8SSi4/c1-31-72-59-50(9)58(71-76(29,30)63(19,20)21)48(7)54(67-59)40-53(68-73(23,24)60(10,11)12)35-32-44(3)55(69-74(25,26)61(13,14)15)45(4)38-43(2)39-46(5)57(70-75(27,28)62(16,17)18)49(8)56(47(6)41-64)66-42-51-33-36-52(65-22)37-34-51/h32-38,41,44-50,53-59H,31,39-40,42H2,1-30H3/b35-32-,43-38-/t44-,45-,46-,47-,48-,49+,50+,53+,54-,55-,56-,57+,58-,59+/m1/s1. The number of carbonyl (C=O) groups is 1. The molecule has 1 heterocycles. The van der Waals surface area contributed by atoms with Crippen LogP contribution in [0.4, 0.5) is 0 Å². The molecular weight excluding hydrogens is 1030 g/mol. The highest BCUT2D eigenvalue weighted by Crippen LogP contribution is 2.47. The van der Waals surface area contributed by atoms with E-state index >= 15 is 0 Å². The maximum Gasteiger partial charge on any atom is 0.192 e. The first kappa shape index (κ1) is 71.3. The Labute approximate surface area is 478 Å². The first-order valence-corrected chi connectivity index (χ1v) is 42.1. The second-order valence-electron chi connectivity index (χ2n) is 29.7. The quantitative estimate of drug-likeness (QED) is 0.0463. The van der Waals surface area contributed by atoms with E-state index in [1.807, 2.05) is 43.0 Å². The molecule has 1 saturated heterocycles. The molecule has 0 radical (unpaired) electrons. The lowest BCUT2D eigenvalue weighted by molar-refractivity contribution is -0.134. The Morgan fingerprint density at radius 2 is 1.14 bits per heavy atom. The van der Waals surface area contributed by atoms with Crippen LogP contribution in [0.1, 0.15) is 164 Å². The van der Waals surface area contributed by atoms with E-state index in [0.29, 0.717) is 6.61 Å². The zero-order valence-corrected chi connectivity index (χ0v) is 59.5. The average molecular weight is 1150 g/mol. The van der Waals surface area contributed by atoms with Gasteiger partial charge in [-0.3, -0.25) is 0 Å². The van der Waals surface area contributed by atoms with Crippen LogP contribution >= 0.6 is 11.8 Å². The van der Waals surface area contributed by atoms with Crippen molar-refractivity contribution in [1.29, 1.82) is 0 Å². The average Bonchev–Trinajstić information content (AvgIpc) is 3.27. The van der Waals surface area contributed by atoms with Crippen molar-refractivity contribution in [2.75, 3.05) is 12.9 Å². The van der Waals surface area contributed by atoms with Crippen LogP contribution in [0.5, 0.6) is 5.75 Å². The molecule has 0 aliphatic carbocycles. The molecule has 0 saturated carbocycles. The fraction of sp³-hybridized carbons (Fsp3) is 0.825. The Kier molecular flexibility index (Phi) is 26.6. The van der Waals surface area contributed by atoms with E-state index in [1.54, 1.807) is 7.11 Å². The fourth-order valence-corrected chi connectivity index (χ4v) is 16.3. The van der Waals surface area contributed by atoms with Crippen molar-refractivity contribution in [1.82, 2.24) is 0 Å². The fourth-order valence-electron chi connectivity index (χ4n) is 9.65. The third-order valence-electron chi connectivity index (χ3n) is 18.9. The minimum absolute atomic E-state index is 0.00479. The van der Waals surface area contributed by atoms with Crippen molar-refractivity contribution in [3.05, 3.63) is 53.6 Å². The molecule has 0 amide bonds. The Morgan fingerprint density at radius 1 is 0.658 bits per heavy atom. The number of carbonyl (C=O) groups excluding carboxylic acids is 1. The van der Waals surface area contributed by atoms with Gasteiger partial charge in [0, 0.05) is 30.1 Å². The molecular formula is C63H120O8SSi4. The van der Waals surface area contributed by atoms with E-state index < -0.39 is 33.3 Å². The topological polar surface area (TPSA) is 81.7 Å². The van der Waals surface area contributed by atoms with Gasteiger partial charge < -0.3 is 36.7 Å². The molecule has 14 atom stereocenters.